The molecule has 0 amide bonds. The Kier molecular flexibility index (Phi) is 5.19. The molecule has 3 rings (SSSR count). The number of benzene rings is 1. The molecule has 0 fully saturated rings. The fraction of sp³-hybridized carbons (Fsp3) is 0.250. The van der Waals surface area contributed by atoms with Gasteiger partial charge in [0.25, 0.3) is 0 Å². The molecule has 25 heavy (non-hydrogen) atoms. The molecule has 0 saturated carbocycles. The molecule has 9 heteroatoms. The van der Waals surface area contributed by atoms with Crippen molar-refractivity contribution in [3.63, 3.8) is 0 Å². The Morgan fingerprint density at radius 1 is 1.00 bits per heavy atom. The summed E-state index contributed by atoms with van der Waals surface area (Å²) in [6, 6.07) is 7.31. The van der Waals surface area contributed by atoms with E-state index in [1.54, 1.807) is 23.9 Å². The van der Waals surface area contributed by atoms with Crippen molar-refractivity contribution in [2.75, 3.05) is 6.26 Å². The predicted octanol–water partition coefficient (Wildman–Crippen LogP) is 4.22. The lowest BCUT2D eigenvalue weighted by molar-refractivity contribution is 0.782. The normalized spacial score (nSPS) is 10.8. The minimum atomic E-state index is 0.161. The quantitative estimate of drug-likeness (QED) is 0.616. The van der Waals surface area contributed by atoms with Crippen molar-refractivity contribution < 1.29 is 0 Å². The first kappa shape index (κ1) is 17.6. The summed E-state index contributed by atoms with van der Waals surface area (Å²) < 4.78 is 1.70. The zero-order valence-electron chi connectivity index (χ0n) is 13.6. The first-order chi connectivity index (χ1) is 12.0. The third-order valence-corrected chi connectivity index (χ3v) is 6.27. The van der Waals surface area contributed by atoms with Crippen LogP contribution in [0, 0.1) is 22.7 Å². The lowest BCUT2D eigenvalue weighted by atomic mass is 10.1. The van der Waals surface area contributed by atoms with Crippen LogP contribution in [-0.4, -0.2) is 26.4 Å². The van der Waals surface area contributed by atoms with Gasteiger partial charge in [-0.05, 0) is 36.1 Å². The third-order valence-electron chi connectivity index (χ3n) is 3.33. The molecule has 0 radical (unpaired) electrons. The van der Waals surface area contributed by atoms with Gasteiger partial charge >= 0.3 is 0 Å². The number of nitrogens with zero attached hydrogens (tertiary/aromatic N) is 6. The predicted molar refractivity (Wildman–Crippen MR) is 98.9 cm³/mol. The van der Waals surface area contributed by atoms with Crippen LogP contribution < -0.4 is 0 Å². The van der Waals surface area contributed by atoms with E-state index in [4.69, 9.17) is 0 Å². The SMILES string of the molecule is CSc1nnc(Sc2nc3cc(C#N)c(C#N)cc3nc2C(C)C)s1. The van der Waals surface area contributed by atoms with Gasteiger partial charge in [-0.1, -0.05) is 36.9 Å². The Hall–Kier alpha value is -2.20. The second-order valence-electron chi connectivity index (χ2n) is 5.32. The Morgan fingerprint density at radius 2 is 1.60 bits per heavy atom. The first-order valence-corrected chi connectivity index (χ1v) is 10.1. The number of aromatic nitrogens is 4. The van der Waals surface area contributed by atoms with E-state index < -0.39 is 0 Å². The van der Waals surface area contributed by atoms with Crippen molar-refractivity contribution in [1.82, 2.24) is 20.2 Å². The summed E-state index contributed by atoms with van der Waals surface area (Å²) in [4.78, 5) is 9.37. The van der Waals surface area contributed by atoms with E-state index in [9.17, 15) is 10.5 Å². The van der Waals surface area contributed by atoms with Gasteiger partial charge in [0.15, 0.2) is 8.68 Å². The number of hydrogen-bond donors (Lipinski definition) is 0. The summed E-state index contributed by atoms with van der Waals surface area (Å²) in [5.41, 5.74) is 2.67. The molecule has 0 spiro atoms. The van der Waals surface area contributed by atoms with Crippen LogP contribution in [0.1, 0.15) is 36.6 Å². The van der Waals surface area contributed by atoms with Crippen LogP contribution in [-0.2, 0) is 0 Å². The Morgan fingerprint density at radius 3 is 2.12 bits per heavy atom. The zero-order valence-corrected chi connectivity index (χ0v) is 16.1. The van der Waals surface area contributed by atoms with E-state index in [2.05, 4.69) is 20.2 Å². The van der Waals surface area contributed by atoms with Gasteiger partial charge in [0.2, 0.25) is 0 Å². The molecular weight excluding hydrogens is 372 g/mol. The van der Waals surface area contributed by atoms with Crippen LogP contribution in [0.2, 0.25) is 0 Å². The maximum Gasteiger partial charge on any atom is 0.181 e. The summed E-state index contributed by atoms with van der Waals surface area (Å²) in [6.07, 6.45) is 1.96. The van der Waals surface area contributed by atoms with Crippen molar-refractivity contribution in [1.29, 1.82) is 10.5 Å². The third kappa shape index (κ3) is 3.59. The molecule has 0 aliphatic rings. The Labute approximate surface area is 157 Å². The average Bonchev–Trinajstić information content (AvgIpc) is 3.07. The molecule has 0 atom stereocenters. The first-order valence-electron chi connectivity index (χ1n) is 7.27. The van der Waals surface area contributed by atoms with Crippen LogP contribution >= 0.6 is 34.9 Å². The van der Waals surface area contributed by atoms with Gasteiger partial charge in [-0.2, -0.15) is 10.5 Å². The molecule has 0 bridgehead atoms. The van der Waals surface area contributed by atoms with Gasteiger partial charge in [-0.15, -0.1) is 10.2 Å². The second kappa shape index (κ2) is 7.36. The smallest absolute Gasteiger partial charge is 0.181 e. The summed E-state index contributed by atoms with van der Waals surface area (Å²) in [7, 11) is 0. The Balaban J connectivity index is 2.14. The molecule has 0 saturated heterocycles. The van der Waals surface area contributed by atoms with E-state index in [1.165, 1.54) is 23.1 Å². The fourth-order valence-corrected chi connectivity index (χ4v) is 4.72. The van der Waals surface area contributed by atoms with Crippen LogP contribution in [0.4, 0.5) is 0 Å². The molecule has 6 nitrogen and oxygen atoms in total. The number of thioether (sulfide) groups is 1. The minimum absolute atomic E-state index is 0.161. The highest BCUT2D eigenvalue weighted by Gasteiger charge is 2.17. The molecule has 0 aliphatic carbocycles. The number of fused-ring (bicyclic) bond motifs is 1. The van der Waals surface area contributed by atoms with Gasteiger partial charge in [0.1, 0.15) is 17.2 Å². The lowest BCUT2D eigenvalue weighted by Crippen LogP contribution is -2.01. The molecule has 0 unspecified atom stereocenters. The highest BCUT2D eigenvalue weighted by Crippen LogP contribution is 2.36. The van der Waals surface area contributed by atoms with Crippen molar-refractivity contribution in [3.05, 3.63) is 29.0 Å². The highest BCUT2D eigenvalue weighted by atomic mass is 32.2. The summed E-state index contributed by atoms with van der Waals surface area (Å²) in [6.45, 7) is 4.09. The molecule has 0 aliphatic heterocycles. The summed E-state index contributed by atoms with van der Waals surface area (Å²) in [5, 5.41) is 27.4. The number of nitriles is 2. The van der Waals surface area contributed by atoms with E-state index in [-0.39, 0.29) is 5.92 Å². The van der Waals surface area contributed by atoms with Crippen molar-refractivity contribution in [2.24, 2.45) is 0 Å². The lowest BCUT2D eigenvalue weighted by Gasteiger charge is -2.11. The van der Waals surface area contributed by atoms with E-state index >= 15 is 0 Å². The molecule has 2 aromatic heterocycles. The second-order valence-corrected chi connectivity index (χ2v) is 8.59. The van der Waals surface area contributed by atoms with Crippen LogP contribution in [0.15, 0.2) is 25.8 Å². The van der Waals surface area contributed by atoms with Gasteiger partial charge in [-0.25, -0.2) is 9.97 Å². The van der Waals surface area contributed by atoms with Crippen LogP contribution in [0.5, 0.6) is 0 Å². The maximum atomic E-state index is 9.21. The number of rotatable bonds is 4. The van der Waals surface area contributed by atoms with Crippen molar-refractivity contribution in [3.8, 4) is 12.1 Å². The molecule has 2 heterocycles. The fourth-order valence-electron chi connectivity index (χ4n) is 2.14. The van der Waals surface area contributed by atoms with Gasteiger partial charge in [0.05, 0.1) is 27.9 Å². The van der Waals surface area contributed by atoms with E-state index in [0.717, 1.165) is 19.4 Å². The zero-order chi connectivity index (χ0) is 18.0. The molecular formula is C16H12N6S3. The Bertz CT molecular complexity index is 1030. The van der Waals surface area contributed by atoms with Gasteiger partial charge in [0, 0.05) is 0 Å². The molecule has 124 valence electrons. The van der Waals surface area contributed by atoms with E-state index in [0.29, 0.717) is 22.2 Å². The van der Waals surface area contributed by atoms with Crippen LogP contribution in [0.3, 0.4) is 0 Å². The molecule has 3 aromatic rings. The topological polar surface area (TPSA) is 99.1 Å². The van der Waals surface area contributed by atoms with Gasteiger partial charge < -0.3 is 0 Å². The largest absolute Gasteiger partial charge is 0.248 e. The minimum Gasteiger partial charge on any atom is -0.248 e. The summed E-state index contributed by atoms with van der Waals surface area (Å²) in [5.74, 6) is 0.161. The molecule has 0 N–H and O–H groups in total. The average molecular weight is 385 g/mol. The number of hydrogen-bond acceptors (Lipinski definition) is 9. The summed E-state index contributed by atoms with van der Waals surface area (Å²) >= 11 is 4.49. The highest BCUT2D eigenvalue weighted by molar-refractivity contribution is 8.03. The standard InChI is InChI=1S/C16H12N6S3/c1-8(2)13-14(24-16-22-21-15(23-3)25-16)20-12-5-10(7-18)9(6-17)4-11(12)19-13/h4-5,8H,1-3H3. The van der Waals surface area contributed by atoms with Crippen molar-refractivity contribution >= 4 is 45.9 Å². The monoisotopic (exact) mass is 384 g/mol. The maximum absolute atomic E-state index is 9.21. The van der Waals surface area contributed by atoms with E-state index in [1.807, 2.05) is 32.2 Å². The van der Waals surface area contributed by atoms with Gasteiger partial charge in [-0.3, -0.25) is 0 Å². The molecule has 1 aromatic carbocycles. The van der Waals surface area contributed by atoms with Crippen LogP contribution in [0.25, 0.3) is 11.0 Å². The van der Waals surface area contributed by atoms with Crippen molar-refractivity contribution in [2.45, 2.75) is 33.5 Å².